The fourth-order valence-electron chi connectivity index (χ4n) is 1.75. The predicted octanol–water partition coefficient (Wildman–Crippen LogP) is 2.03. The van der Waals surface area contributed by atoms with E-state index in [0.29, 0.717) is 12.1 Å². The number of hydrazine groups is 1. The second kappa shape index (κ2) is 3.87. The van der Waals surface area contributed by atoms with Gasteiger partial charge in [-0.15, -0.1) is 0 Å². The van der Waals surface area contributed by atoms with E-state index in [-0.39, 0.29) is 5.91 Å². The standard InChI is InChI=1S/C12H15FN2O/c1-12(2)8-15(14-11(12)16)10(13)9-6-4-3-5-7-9/h3-7,10H,8H2,1-2H3,(H,14,16). The van der Waals surface area contributed by atoms with E-state index in [1.165, 1.54) is 5.01 Å². The minimum absolute atomic E-state index is 0.133. The number of carbonyl (C=O) groups is 1. The summed E-state index contributed by atoms with van der Waals surface area (Å²) in [6.45, 7) is 3.99. The number of alkyl halides is 1. The summed E-state index contributed by atoms with van der Waals surface area (Å²) in [4.78, 5) is 11.5. The largest absolute Gasteiger partial charge is 0.285 e. The van der Waals surface area contributed by atoms with Crippen LogP contribution < -0.4 is 5.43 Å². The molecule has 2 rings (SSSR count). The lowest BCUT2D eigenvalue weighted by molar-refractivity contribution is -0.127. The van der Waals surface area contributed by atoms with Gasteiger partial charge in [0.05, 0.1) is 5.41 Å². The Morgan fingerprint density at radius 3 is 2.50 bits per heavy atom. The van der Waals surface area contributed by atoms with E-state index in [2.05, 4.69) is 5.43 Å². The monoisotopic (exact) mass is 222 g/mol. The van der Waals surface area contributed by atoms with Crippen molar-refractivity contribution in [2.45, 2.75) is 20.1 Å². The molecule has 1 aliphatic rings. The molecule has 1 amide bonds. The van der Waals surface area contributed by atoms with Gasteiger partial charge in [0.15, 0.2) is 6.30 Å². The number of rotatable bonds is 2. The zero-order chi connectivity index (χ0) is 11.8. The van der Waals surface area contributed by atoms with E-state index in [4.69, 9.17) is 0 Å². The Bertz CT molecular complexity index is 391. The maximum absolute atomic E-state index is 14.1. The summed E-state index contributed by atoms with van der Waals surface area (Å²) in [6, 6.07) is 8.82. The van der Waals surface area contributed by atoms with Crippen molar-refractivity contribution in [3.05, 3.63) is 35.9 Å². The Morgan fingerprint density at radius 2 is 2.00 bits per heavy atom. The molecule has 1 saturated heterocycles. The first-order valence-electron chi connectivity index (χ1n) is 5.27. The van der Waals surface area contributed by atoms with Gasteiger partial charge in [0.1, 0.15) is 0 Å². The normalized spacial score (nSPS) is 21.8. The molecule has 1 fully saturated rings. The average molecular weight is 222 g/mol. The van der Waals surface area contributed by atoms with Gasteiger partial charge in [-0.2, -0.15) is 5.01 Å². The van der Waals surface area contributed by atoms with Gasteiger partial charge < -0.3 is 0 Å². The molecule has 16 heavy (non-hydrogen) atoms. The smallest absolute Gasteiger partial charge is 0.241 e. The van der Waals surface area contributed by atoms with Crippen LogP contribution >= 0.6 is 0 Å². The highest BCUT2D eigenvalue weighted by molar-refractivity contribution is 5.83. The number of hydrogen-bond donors (Lipinski definition) is 1. The topological polar surface area (TPSA) is 32.3 Å². The van der Waals surface area contributed by atoms with E-state index in [1.807, 2.05) is 6.07 Å². The van der Waals surface area contributed by atoms with E-state index in [9.17, 15) is 9.18 Å². The maximum Gasteiger partial charge on any atom is 0.241 e. The molecule has 1 aliphatic heterocycles. The first kappa shape index (κ1) is 11.1. The Hall–Kier alpha value is -1.42. The van der Waals surface area contributed by atoms with Crippen LogP contribution in [0.3, 0.4) is 0 Å². The summed E-state index contributed by atoms with van der Waals surface area (Å²) < 4.78 is 14.1. The molecule has 1 atom stereocenters. The molecule has 4 heteroatoms. The fourth-order valence-corrected chi connectivity index (χ4v) is 1.75. The summed E-state index contributed by atoms with van der Waals surface area (Å²) in [6.07, 6.45) is -1.29. The zero-order valence-corrected chi connectivity index (χ0v) is 9.40. The molecule has 0 aromatic heterocycles. The minimum atomic E-state index is -1.29. The van der Waals surface area contributed by atoms with Crippen molar-refractivity contribution >= 4 is 5.91 Å². The van der Waals surface area contributed by atoms with E-state index < -0.39 is 11.7 Å². The molecule has 1 aromatic carbocycles. The number of halogens is 1. The lowest BCUT2D eigenvalue weighted by Gasteiger charge is -2.21. The fraction of sp³-hybridized carbons (Fsp3) is 0.417. The third-order valence-corrected chi connectivity index (χ3v) is 2.77. The maximum atomic E-state index is 14.1. The second-order valence-corrected chi connectivity index (χ2v) is 4.70. The molecule has 3 nitrogen and oxygen atoms in total. The number of amides is 1. The number of benzene rings is 1. The van der Waals surface area contributed by atoms with Gasteiger partial charge >= 0.3 is 0 Å². The van der Waals surface area contributed by atoms with Crippen molar-refractivity contribution in [2.24, 2.45) is 5.41 Å². The van der Waals surface area contributed by atoms with Crippen LogP contribution in [0.15, 0.2) is 30.3 Å². The molecule has 0 saturated carbocycles. The molecule has 0 aliphatic carbocycles. The lowest BCUT2D eigenvalue weighted by Crippen LogP contribution is -2.34. The molecular weight excluding hydrogens is 207 g/mol. The van der Waals surface area contributed by atoms with Gasteiger partial charge in [0, 0.05) is 12.1 Å². The van der Waals surface area contributed by atoms with Crippen LogP contribution in [0.5, 0.6) is 0 Å². The van der Waals surface area contributed by atoms with Gasteiger partial charge in [0.2, 0.25) is 5.91 Å². The van der Waals surface area contributed by atoms with Crippen LogP contribution in [0.1, 0.15) is 25.7 Å². The molecule has 0 bridgehead atoms. The number of carbonyl (C=O) groups excluding carboxylic acids is 1. The summed E-state index contributed by atoms with van der Waals surface area (Å²) in [7, 11) is 0. The number of nitrogens with zero attached hydrogens (tertiary/aromatic N) is 1. The van der Waals surface area contributed by atoms with Crippen LogP contribution in [0.2, 0.25) is 0 Å². The quantitative estimate of drug-likeness (QED) is 0.776. The zero-order valence-electron chi connectivity index (χ0n) is 9.40. The summed E-state index contributed by atoms with van der Waals surface area (Å²) in [5.74, 6) is -0.133. The Morgan fingerprint density at radius 1 is 1.38 bits per heavy atom. The third kappa shape index (κ3) is 1.93. The van der Waals surface area contributed by atoms with E-state index >= 15 is 0 Å². The number of hydrogen-bond acceptors (Lipinski definition) is 2. The molecular formula is C12H15FN2O. The highest BCUT2D eigenvalue weighted by Crippen LogP contribution is 2.30. The van der Waals surface area contributed by atoms with Crippen LogP contribution in [0.25, 0.3) is 0 Å². The lowest BCUT2D eigenvalue weighted by atomic mass is 9.94. The van der Waals surface area contributed by atoms with Crippen molar-refractivity contribution in [3.8, 4) is 0 Å². The summed E-state index contributed by atoms with van der Waals surface area (Å²) in [5.41, 5.74) is 2.59. The molecule has 0 spiro atoms. The second-order valence-electron chi connectivity index (χ2n) is 4.70. The van der Waals surface area contributed by atoms with Crippen LogP contribution in [-0.2, 0) is 4.79 Å². The number of nitrogens with one attached hydrogen (secondary N) is 1. The first-order chi connectivity index (χ1) is 7.50. The molecule has 1 unspecified atom stereocenters. The Labute approximate surface area is 94.2 Å². The highest BCUT2D eigenvalue weighted by Gasteiger charge is 2.41. The Balaban J connectivity index is 2.14. The van der Waals surface area contributed by atoms with Crippen molar-refractivity contribution in [3.63, 3.8) is 0 Å². The first-order valence-corrected chi connectivity index (χ1v) is 5.27. The average Bonchev–Trinajstić information content (AvgIpc) is 2.54. The SMILES string of the molecule is CC1(C)CN(C(F)c2ccccc2)NC1=O. The van der Waals surface area contributed by atoms with Gasteiger partial charge in [-0.1, -0.05) is 30.3 Å². The van der Waals surface area contributed by atoms with Crippen molar-refractivity contribution in [1.29, 1.82) is 0 Å². The van der Waals surface area contributed by atoms with Gasteiger partial charge in [0.25, 0.3) is 0 Å². The van der Waals surface area contributed by atoms with Gasteiger partial charge in [-0.25, -0.2) is 4.39 Å². The summed E-state index contributed by atoms with van der Waals surface area (Å²) in [5, 5.41) is 1.34. The molecule has 1 heterocycles. The highest BCUT2D eigenvalue weighted by atomic mass is 19.1. The van der Waals surface area contributed by atoms with Gasteiger partial charge in [-0.05, 0) is 13.8 Å². The van der Waals surface area contributed by atoms with E-state index in [1.54, 1.807) is 38.1 Å². The molecule has 86 valence electrons. The molecule has 0 radical (unpaired) electrons. The minimum Gasteiger partial charge on any atom is -0.285 e. The Kier molecular flexibility index (Phi) is 2.68. The van der Waals surface area contributed by atoms with Crippen LogP contribution in [0, 0.1) is 5.41 Å². The van der Waals surface area contributed by atoms with Crippen molar-refractivity contribution < 1.29 is 9.18 Å². The molecule has 1 N–H and O–H groups in total. The molecule has 1 aromatic rings. The van der Waals surface area contributed by atoms with Crippen molar-refractivity contribution in [2.75, 3.05) is 6.54 Å². The van der Waals surface area contributed by atoms with Crippen LogP contribution in [0.4, 0.5) is 4.39 Å². The van der Waals surface area contributed by atoms with Crippen LogP contribution in [-0.4, -0.2) is 17.5 Å². The summed E-state index contributed by atoms with van der Waals surface area (Å²) >= 11 is 0. The third-order valence-electron chi connectivity index (χ3n) is 2.77. The van der Waals surface area contributed by atoms with E-state index in [0.717, 1.165) is 0 Å². The predicted molar refractivity (Wildman–Crippen MR) is 58.9 cm³/mol. The van der Waals surface area contributed by atoms with Gasteiger partial charge in [-0.3, -0.25) is 10.2 Å². The van der Waals surface area contributed by atoms with Crippen molar-refractivity contribution in [1.82, 2.24) is 10.4 Å².